The summed E-state index contributed by atoms with van der Waals surface area (Å²) >= 11 is 0. The largest absolute Gasteiger partial charge is 0.367 e. The van der Waals surface area contributed by atoms with Crippen molar-refractivity contribution < 1.29 is 9.90 Å². The van der Waals surface area contributed by atoms with Gasteiger partial charge in [-0.15, -0.1) is 0 Å². The minimum Gasteiger partial charge on any atom is -0.367 e. The van der Waals surface area contributed by atoms with Crippen molar-refractivity contribution in [2.24, 2.45) is 0 Å². The number of nitrogens with zero attached hydrogens (tertiary/aromatic N) is 1. The van der Waals surface area contributed by atoms with Crippen molar-refractivity contribution in [3.05, 3.63) is 35.4 Å². The third-order valence-corrected chi connectivity index (χ3v) is 2.89. The summed E-state index contributed by atoms with van der Waals surface area (Å²) in [4.78, 5) is 13.5. The van der Waals surface area contributed by atoms with E-state index in [-0.39, 0.29) is 5.91 Å². The van der Waals surface area contributed by atoms with E-state index in [1.54, 1.807) is 13.0 Å². The molecule has 0 saturated heterocycles. The van der Waals surface area contributed by atoms with Gasteiger partial charge in [0.15, 0.2) is 5.72 Å². The Morgan fingerprint density at radius 1 is 1.40 bits per heavy atom. The van der Waals surface area contributed by atoms with Gasteiger partial charge in [0.2, 0.25) is 0 Å². The van der Waals surface area contributed by atoms with Crippen molar-refractivity contribution in [2.75, 3.05) is 6.54 Å². The Bertz CT molecular complexity index is 398. The molecule has 1 aliphatic rings. The highest BCUT2D eigenvalue weighted by atomic mass is 16.3. The van der Waals surface area contributed by atoms with Crippen LogP contribution < -0.4 is 0 Å². The second-order valence-corrected chi connectivity index (χ2v) is 4.02. The molecule has 0 bridgehead atoms. The predicted octanol–water partition coefficient (Wildman–Crippen LogP) is 1.72. The molecule has 80 valence electrons. The van der Waals surface area contributed by atoms with Crippen LogP contribution in [-0.4, -0.2) is 22.5 Å². The quantitative estimate of drug-likeness (QED) is 0.798. The highest BCUT2D eigenvalue weighted by Gasteiger charge is 2.43. The van der Waals surface area contributed by atoms with E-state index >= 15 is 0 Å². The maximum absolute atomic E-state index is 12.0. The van der Waals surface area contributed by atoms with Crippen LogP contribution in [0.5, 0.6) is 0 Å². The van der Waals surface area contributed by atoms with Crippen LogP contribution in [0.1, 0.15) is 36.2 Å². The number of benzene rings is 1. The van der Waals surface area contributed by atoms with E-state index in [4.69, 9.17) is 0 Å². The van der Waals surface area contributed by atoms with Gasteiger partial charge in [0.05, 0.1) is 0 Å². The van der Waals surface area contributed by atoms with Gasteiger partial charge in [-0.05, 0) is 19.4 Å². The number of fused-ring (bicyclic) bond motifs is 1. The lowest BCUT2D eigenvalue weighted by molar-refractivity contribution is -0.0683. The van der Waals surface area contributed by atoms with E-state index in [0.717, 1.165) is 6.42 Å². The van der Waals surface area contributed by atoms with E-state index in [2.05, 4.69) is 0 Å². The van der Waals surface area contributed by atoms with Crippen molar-refractivity contribution in [3.63, 3.8) is 0 Å². The minimum absolute atomic E-state index is 0.0718. The topological polar surface area (TPSA) is 40.5 Å². The number of aliphatic hydroxyl groups is 1. The smallest absolute Gasteiger partial charge is 0.256 e. The SMILES string of the molecule is CCCN1C(=O)c2ccccc2[C@]1(C)O. The number of hydrogen-bond donors (Lipinski definition) is 1. The summed E-state index contributed by atoms with van der Waals surface area (Å²) in [6.07, 6.45) is 0.843. The third kappa shape index (κ3) is 1.35. The summed E-state index contributed by atoms with van der Waals surface area (Å²) < 4.78 is 0. The van der Waals surface area contributed by atoms with Gasteiger partial charge in [0.1, 0.15) is 0 Å². The molecule has 0 unspecified atom stereocenters. The van der Waals surface area contributed by atoms with E-state index in [9.17, 15) is 9.90 Å². The molecule has 3 heteroatoms. The Hall–Kier alpha value is -1.35. The van der Waals surface area contributed by atoms with Crippen molar-refractivity contribution >= 4 is 5.91 Å². The molecule has 0 aliphatic carbocycles. The molecule has 1 amide bonds. The maximum atomic E-state index is 12.0. The fourth-order valence-electron chi connectivity index (χ4n) is 2.11. The summed E-state index contributed by atoms with van der Waals surface area (Å²) in [6.45, 7) is 4.25. The normalized spacial score (nSPS) is 24.5. The van der Waals surface area contributed by atoms with Crippen LogP contribution in [0.15, 0.2) is 24.3 Å². The van der Waals surface area contributed by atoms with Gasteiger partial charge in [-0.1, -0.05) is 25.1 Å². The zero-order chi connectivity index (χ0) is 11.1. The summed E-state index contributed by atoms with van der Waals surface area (Å²) in [5, 5.41) is 10.3. The standard InChI is InChI=1S/C12H15NO2/c1-3-8-13-11(14)9-6-4-5-7-10(9)12(13,2)15/h4-7,15H,3,8H2,1-2H3/t12-/m0/s1. The fraction of sp³-hybridized carbons (Fsp3) is 0.417. The lowest BCUT2D eigenvalue weighted by Gasteiger charge is -2.30. The molecule has 1 atom stereocenters. The molecule has 3 nitrogen and oxygen atoms in total. The first-order chi connectivity index (χ1) is 7.09. The highest BCUT2D eigenvalue weighted by Crippen LogP contribution is 2.36. The average Bonchev–Trinajstić information content (AvgIpc) is 2.41. The molecule has 0 fully saturated rings. The van der Waals surface area contributed by atoms with Crippen LogP contribution in [0, 0.1) is 0 Å². The van der Waals surface area contributed by atoms with E-state index in [0.29, 0.717) is 17.7 Å². The van der Waals surface area contributed by atoms with Crippen LogP contribution in [0.25, 0.3) is 0 Å². The van der Waals surface area contributed by atoms with Gasteiger partial charge >= 0.3 is 0 Å². The zero-order valence-corrected chi connectivity index (χ0v) is 9.03. The highest BCUT2D eigenvalue weighted by molar-refractivity contribution is 5.99. The Kier molecular flexibility index (Phi) is 2.27. The van der Waals surface area contributed by atoms with Crippen LogP contribution in [-0.2, 0) is 5.72 Å². The second-order valence-electron chi connectivity index (χ2n) is 4.02. The van der Waals surface area contributed by atoms with Gasteiger partial charge in [0.25, 0.3) is 5.91 Å². The third-order valence-electron chi connectivity index (χ3n) is 2.89. The van der Waals surface area contributed by atoms with Crippen molar-refractivity contribution in [3.8, 4) is 0 Å². The molecule has 0 aromatic heterocycles. The van der Waals surface area contributed by atoms with Crippen LogP contribution in [0.3, 0.4) is 0 Å². The van der Waals surface area contributed by atoms with Crippen molar-refractivity contribution in [1.29, 1.82) is 0 Å². The summed E-state index contributed by atoms with van der Waals surface area (Å²) in [5.41, 5.74) is 0.184. The molecular formula is C12H15NO2. The number of carbonyl (C=O) groups excluding carboxylic acids is 1. The van der Waals surface area contributed by atoms with Gasteiger partial charge in [-0.2, -0.15) is 0 Å². The fourth-order valence-corrected chi connectivity index (χ4v) is 2.11. The molecule has 1 aliphatic heterocycles. The Labute approximate surface area is 89.3 Å². The Morgan fingerprint density at radius 2 is 2.07 bits per heavy atom. The lowest BCUT2D eigenvalue weighted by Crippen LogP contribution is -2.41. The zero-order valence-electron chi connectivity index (χ0n) is 9.03. The lowest BCUT2D eigenvalue weighted by atomic mass is 10.0. The van der Waals surface area contributed by atoms with Crippen LogP contribution in [0.4, 0.5) is 0 Å². The van der Waals surface area contributed by atoms with Crippen molar-refractivity contribution in [2.45, 2.75) is 26.0 Å². The molecule has 1 N–H and O–H groups in total. The average molecular weight is 205 g/mol. The number of amides is 1. The molecule has 0 saturated carbocycles. The van der Waals surface area contributed by atoms with Gasteiger partial charge < -0.3 is 10.0 Å². The molecule has 1 aromatic rings. The molecule has 0 radical (unpaired) electrons. The van der Waals surface area contributed by atoms with Crippen LogP contribution in [0.2, 0.25) is 0 Å². The molecule has 2 rings (SSSR count). The maximum Gasteiger partial charge on any atom is 0.256 e. The molecule has 1 heterocycles. The first-order valence-corrected chi connectivity index (χ1v) is 5.23. The van der Waals surface area contributed by atoms with E-state index in [1.807, 2.05) is 25.1 Å². The minimum atomic E-state index is -1.15. The Morgan fingerprint density at radius 3 is 2.67 bits per heavy atom. The van der Waals surface area contributed by atoms with Gasteiger partial charge in [-0.3, -0.25) is 4.79 Å². The molecule has 15 heavy (non-hydrogen) atoms. The van der Waals surface area contributed by atoms with Crippen molar-refractivity contribution in [1.82, 2.24) is 4.90 Å². The molecular weight excluding hydrogens is 190 g/mol. The van der Waals surface area contributed by atoms with Gasteiger partial charge in [-0.25, -0.2) is 0 Å². The number of hydrogen-bond acceptors (Lipinski definition) is 2. The monoisotopic (exact) mass is 205 g/mol. The molecule has 0 spiro atoms. The summed E-state index contributed by atoms with van der Waals surface area (Å²) in [5.74, 6) is -0.0718. The number of carbonyl (C=O) groups is 1. The van der Waals surface area contributed by atoms with Gasteiger partial charge in [0, 0.05) is 17.7 Å². The van der Waals surface area contributed by atoms with Crippen LogP contribution >= 0.6 is 0 Å². The second kappa shape index (κ2) is 3.35. The number of rotatable bonds is 2. The summed E-state index contributed by atoms with van der Waals surface area (Å²) in [6, 6.07) is 7.24. The first kappa shape index (κ1) is 10.2. The predicted molar refractivity (Wildman–Crippen MR) is 57.3 cm³/mol. The Balaban J connectivity index is 2.50. The molecule has 1 aromatic carbocycles. The van der Waals surface area contributed by atoms with E-state index < -0.39 is 5.72 Å². The van der Waals surface area contributed by atoms with E-state index in [1.165, 1.54) is 4.90 Å². The first-order valence-electron chi connectivity index (χ1n) is 5.23. The summed E-state index contributed by atoms with van der Waals surface area (Å²) in [7, 11) is 0.